The summed E-state index contributed by atoms with van der Waals surface area (Å²) in [6.07, 6.45) is -0.685. The van der Waals surface area contributed by atoms with E-state index in [4.69, 9.17) is 16.3 Å². The highest BCUT2D eigenvalue weighted by atomic mass is 35.5. The number of benzene rings is 2. The Morgan fingerprint density at radius 1 is 1.33 bits per heavy atom. The van der Waals surface area contributed by atoms with Gasteiger partial charge in [0.15, 0.2) is 0 Å². The summed E-state index contributed by atoms with van der Waals surface area (Å²) in [6.45, 7) is 1.63. The van der Waals surface area contributed by atoms with Crippen LogP contribution in [0.25, 0.3) is 0 Å². The topological polar surface area (TPSA) is 72.6 Å². The van der Waals surface area contributed by atoms with Gasteiger partial charge in [0, 0.05) is 16.7 Å². The molecule has 0 saturated heterocycles. The molecule has 0 spiro atoms. The maximum atomic E-state index is 11.0. The van der Waals surface area contributed by atoms with Crippen molar-refractivity contribution in [3.05, 3.63) is 68.7 Å². The lowest BCUT2D eigenvalue weighted by Crippen LogP contribution is -2.03. The maximum absolute atomic E-state index is 11.0. The van der Waals surface area contributed by atoms with Gasteiger partial charge in [-0.15, -0.1) is 0 Å². The van der Waals surface area contributed by atoms with E-state index in [2.05, 4.69) is 0 Å². The van der Waals surface area contributed by atoms with Gasteiger partial charge >= 0.3 is 0 Å². The maximum Gasteiger partial charge on any atom is 0.276 e. The van der Waals surface area contributed by atoms with Gasteiger partial charge in [-0.05, 0) is 25.1 Å². The molecule has 21 heavy (non-hydrogen) atoms. The lowest BCUT2D eigenvalue weighted by Gasteiger charge is -2.13. The molecule has 2 aromatic carbocycles. The molecule has 0 aliphatic rings. The van der Waals surface area contributed by atoms with Crippen molar-refractivity contribution in [2.45, 2.75) is 19.6 Å². The van der Waals surface area contributed by atoms with Gasteiger partial charge in [0.25, 0.3) is 5.69 Å². The zero-order valence-corrected chi connectivity index (χ0v) is 12.1. The minimum Gasteiger partial charge on any atom is -0.488 e. The van der Waals surface area contributed by atoms with Crippen LogP contribution in [0.2, 0.25) is 5.02 Å². The van der Waals surface area contributed by atoms with Gasteiger partial charge in [0.1, 0.15) is 12.4 Å². The molecule has 2 rings (SSSR count). The van der Waals surface area contributed by atoms with Crippen LogP contribution in [0.3, 0.4) is 0 Å². The van der Waals surface area contributed by atoms with E-state index >= 15 is 0 Å². The molecule has 5 nitrogen and oxygen atoms in total. The van der Waals surface area contributed by atoms with Crippen LogP contribution in [-0.2, 0) is 6.61 Å². The van der Waals surface area contributed by atoms with Crippen LogP contribution in [-0.4, -0.2) is 10.0 Å². The van der Waals surface area contributed by atoms with E-state index in [9.17, 15) is 15.2 Å². The minimum atomic E-state index is -0.685. The fraction of sp³-hybridized carbons (Fsp3) is 0.200. The van der Waals surface area contributed by atoms with Crippen molar-refractivity contribution in [2.24, 2.45) is 0 Å². The third kappa shape index (κ3) is 3.71. The highest BCUT2D eigenvalue weighted by molar-refractivity contribution is 6.30. The molecule has 0 heterocycles. The molecule has 0 radical (unpaired) electrons. The first-order chi connectivity index (χ1) is 9.99. The third-order valence-electron chi connectivity index (χ3n) is 2.99. The van der Waals surface area contributed by atoms with Crippen molar-refractivity contribution in [3.63, 3.8) is 0 Å². The van der Waals surface area contributed by atoms with Crippen LogP contribution in [0.5, 0.6) is 5.75 Å². The number of rotatable bonds is 5. The number of nitro groups is 1. The lowest BCUT2D eigenvalue weighted by molar-refractivity contribution is -0.385. The number of aliphatic hydroxyl groups is 1. The van der Waals surface area contributed by atoms with Crippen LogP contribution in [0.4, 0.5) is 5.69 Å². The molecule has 1 atom stereocenters. The monoisotopic (exact) mass is 307 g/mol. The molecule has 6 heteroatoms. The van der Waals surface area contributed by atoms with Crippen LogP contribution >= 0.6 is 11.6 Å². The molecule has 0 aliphatic heterocycles. The second kappa shape index (κ2) is 6.56. The first-order valence-corrected chi connectivity index (χ1v) is 6.69. The number of aliphatic hydroxyl groups excluding tert-OH is 1. The average molecular weight is 308 g/mol. The van der Waals surface area contributed by atoms with E-state index < -0.39 is 11.0 Å². The molecule has 0 amide bonds. The lowest BCUT2D eigenvalue weighted by atomic mass is 10.1. The first kappa shape index (κ1) is 15.3. The fourth-order valence-electron chi connectivity index (χ4n) is 1.96. The number of nitrogens with zero attached hydrogens (tertiary/aromatic N) is 1. The molecule has 0 saturated carbocycles. The summed E-state index contributed by atoms with van der Waals surface area (Å²) in [6, 6.07) is 11.3. The van der Waals surface area contributed by atoms with Crippen LogP contribution in [0.1, 0.15) is 24.2 Å². The zero-order valence-electron chi connectivity index (χ0n) is 11.3. The summed E-state index contributed by atoms with van der Waals surface area (Å²) in [5.74, 6) is 0.488. The second-order valence-corrected chi connectivity index (χ2v) is 4.97. The van der Waals surface area contributed by atoms with Crippen molar-refractivity contribution >= 4 is 17.3 Å². The van der Waals surface area contributed by atoms with Gasteiger partial charge in [-0.1, -0.05) is 29.8 Å². The Labute approximate surface area is 126 Å². The third-order valence-corrected chi connectivity index (χ3v) is 3.23. The highest BCUT2D eigenvalue weighted by Gasteiger charge is 2.15. The van der Waals surface area contributed by atoms with E-state index in [1.165, 1.54) is 18.2 Å². The Morgan fingerprint density at radius 2 is 2.05 bits per heavy atom. The zero-order chi connectivity index (χ0) is 15.4. The summed E-state index contributed by atoms with van der Waals surface area (Å²) in [5.41, 5.74) is 0.962. The molecular formula is C15H14ClNO4. The van der Waals surface area contributed by atoms with E-state index in [0.29, 0.717) is 21.9 Å². The Balaban J connectivity index is 2.25. The average Bonchev–Trinajstić information content (AvgIpc) is 2.45. The minimum absolute atomic E-state index is 0.000602. The Hall–Kier alpha value is -2.11. The second-order valence-electron chi connectivity index (χ2n) is 4.53. The summed E-state index contributed by atoms with van der Waals surface area (Å²) in [7, 11) is 0. The first-order valence-electron chi connectivity index (χ1n) is 6.31. The molecule has 0 aliphatic carbocycles. The SMILES string of the molecule is C[C@@H](O)c1ccccc1OCc1cc(Cl)ccc1[N+](=O)[O-]. The van der Waals surface area contributed by atoms with Gasteiger partial charge in [0.05, 0.1) is 16.6 Å². The quantitative estimate of drug-likeness (QED) is 0.672. The van der Waals surface area contributed by atoms with Crippen molar-refractivity contribution in [1.29, 1.82) is 0 Å². The highest BCUT2D eigenvalue weighted by Crippen LogP contribution is 2.28. The van der Waals surface area contributed by atoms with E-state index in [1.54, 1.807) is 31.2 Å². The smallest absolute Gasteiger partial charge is 0.276 e. The van der Waals surface area contributed by atoms with Gasteiger partial charge in [-0.25, -0.2) is 0 Å². The summed E-state index contributed by atoms with van der Waals surface area (Å²) in [5, 5.41) is 21.1. The number of nitro benzene ring substituents is 1. The van der Waals surface area contributed by atoms with Crippen molar-refractivity contribution in [3.8, 4) is 5.75 Å². The van der Waals surface area contributed by atoms with Gasteiger partial charge in [0.2, 0.25) is 0 Å². The van der Waals surface area contributed by atoms with Crippen molar-refractivity contribution in [2.75, 3.05) is 0 Å². The Kier molecular flexibility index (Phi) is 4.77. The number of hydrogen-bond donors (Lipinski definition) is 1. The molecule has 0 unspecified atom stereocenters. The van der Waals surface area contributed by atoms with Crippen LogP contribution in [0, 0.1) is 10.1 Å². The summed E-state index contributed by atoms with van der Waals surface area (Å²) < 4.78 is 5.61. The normalized spacial score (nSPS) is 12.0. The molecule has 1 N–H and O–H groups in total. The van der Waals surface area contributed by atoms with Crippen LogP contribution in [0.15, 0.2) is 42.5 Å². The molecule has 110 valence electrons. The molecule has 0 aromatic heterocycles. The number of para-hydroxylation sites is 1. The largest absolute Gasteiger partial charge is 0.488 e. The van der Waals surface area contributed by atoms with Crippen LogP contribution < -0.4 is 4.74 Å². The summed E-state index contributed by atoms with van der Waals surface area (Å²) in [4.78, 5) is 10.5. The Bertz CT molecular complexity index is 658. The predicted molar refractivity (Wildman–Crippen MR) is 79.5 cm³/mol. The van der Waals surface area contributed by atoms with Crippen molar-refractivity contribution in [1.82, 2.24) is 0 Å². The number of halogens is 1. The standard InChI is InChI=1S/C15H14ClNO4/c1-10(18)13-4-2-3-5-15(13)21-9-11-8-12(16)6-7-14(11)17(19)20/h2-8,10,18H,9H2,1H3/t10-/m1/s1. The predicted octanol–water partition coefficient (Wildman–Crippen LogP) is 3.88. The molecule has 0 bridgehead atoms. The fourth-order valence-corrected chi connectivity index (χ4v) is 2.16. The molecule has 0 fully saturated rings. The van der Waals surface area contributed by atoms with E-state index in [0.717, 1.165) is 0 Å². The van der Waals surface area contributed by atoms with E-state index in [-0.39, 0.29) is 12.3 Å². The number of ether oxygens (including phenoxy) is 1. The van der Waals surface area contributed by atoms with Gasteiger partial charge in [-0.3, -0.25) is 10.1 Å². The molecule has 2 aromatic rings. The van der Waals surface area contributed by atoms with Crippen molar-refractivity contribution < 1.29 is 14.8 Å². The summed E-state index contributed by atoms with van der Waals surface area (Å²) >= 11 is 5.87. The van der Waals surface area contributed by atoms with Gasteiger partial charge in [-0.2, -0.15) is 0 Å². The Morgan fingerprint density at radius 3 is 2.71 bits per heavy atom. The number of hydrogen-bond acceptors (Lipinski definition) is 4. The van der Waals surface area contributed by atoms with Gasteiger partial charge < -0.3 is 9.84 Å². The molecular weight excluding hydrogens is 294 g/mol. The van der Waals surface area contributed by atoms with E-state index in [1.807, 2.05) is 0 Å².